The summed E-state index contributed by atoms with van der Waals surface area (Å²) in [6, 6.07) is 10.3. The Labute approximate surface area is 154 Å². The highest BCUT2D eigenvalue weighted by Crippen LogP contribution is 2.19. The highest BCUT2D eigenvalue weighted by atomic mass is 35.5. The molecule has 7 heteroatoms. The van der Waals surface area contributed by atoms with E-state index in [1.54, 1.807) is 18.3 Å². The lowest BCUT2D eigenvalue weighted by atomic mass is 9.97. The zero-order valence-corrected chi connectivity index (χ0v) is 15.5. The Bertz CT molecular complexity index is 774. The lowest BCUT2D eigenvalue weighted by Crippen LogP contribution is -2.38. The average molecular weight is 380 g/mol. The maximum Gasteiger partial charge on any atom is 0.240 e. The number of piperidine rings is 1. The highest BCUT2D eigenvalue weighted by Gasteiger charge is 2.22. The van der Waals surface area contributed by atoms with Gasteiger partial charge in [0, 0.05) is 30.5 Å². The van der Waals surface area contributed by atoms with Crippen molar-refractivity contribution in [2.24, 2.45) is 5.92 Å². The number of aromatic nitrogens is 1. The SMILES string of the molecule is O=S(=O)(NCC1CCN(Cc2cccnc2)CC1)c1ccc(Cl)cc1. The van der Waals surface area contributed by atoms with Gasteiger partial charge < -0.3 is 0 Å². The molecule has 25 heavy (non-hydrogen) atoms. The molecule has 1 saturated heterocycles. The van der Waals surface area contributed by atoms with Crippen LogP contribution in [0.3, 0.4) is 0 Å². The number of benzene rings is 1. The summed E-state index contributed by atoms with van der Waals surface area (Å²) in [5.41, 5.74) is 1.21. The summed E-state index contributed by atoms with van der Waals surface area (Å²) < 4.78 is 27.4. The first kappa shape index (κ1) is 18.3. The molecule has 3 rings (SSSR count). The van der Waals surface area contributed by atoms with Crippen molar-refractivity contribution in [1.29, 1.82) is 0 Å². The molecular weight excluding hydrogens is 358 g/mol. The molecule has 1 N–H and O–H groups in total. The zero-order valence-electron chi connectivity index (χ0n) is 13.9. The lowest BCUT2D eigenvalue weighted by Gasteiger charge is -2.31. The number of likely N-dealkylation sites (tertiary alicyclic amines) is 1. The van der Waals surface area contributed by atoms with Crippen molar-refractivity contribution in [3.8, 4) is 0 Å². The molecule has 0 saturated carbocycles. The molecule has 134 valence electrons. The van der Waals surface area contributed by atoms with Gasteiger partial charge in [-0.15, -0.1) is 0 Å². The van der Waals surface area contributed by atoms with Crippen LogP contribution in [0.25, 0.3) is 0 Å². The van der Waals surface area contributed by atoms with Gasteiger partial charge in [-0.2, -0.15) is 0 Å². The molecule has 0 radical (unpaired) electrons. The van der Waals surface area contributed by atoms with E-state index in [1.807, 2.05) is 12.3 Å². The Morgan fingerprint density at radius 2 is 1.88 bits per heavy atom. The molecule has 1 aliphatic rings. The van der Waals surface area contributed by atoms with Crippen LogP contribution >= 0.6 is 11.6 Å². The molecule has 1 aliphatic heterocycles. The van der Waals surface area contributed by atoms with Gasteiger partial charge in [-0.1, -0.05) is 17.7 Å². The van der Waals surface area contributed by atoms with E-state index >= 15 is 0 Å². The minimum atomic E-state index is -3.47. The molecule has 0 aliphatic carbocycles. The minimum Gasteiger partial charge on any atom is -0.299 e. The predicted octanol–water partition coefficient (Wildman–Crippen LogP) is 2.93. The van der Waals surface area contributed by atoms with Crippen molar-refractivity contribution in [2.45, 2.75) is 24.3 Å². The summed E-state index contributed by atoms with van der Waals surface area (Å²) >= 11 is 5.81. The lowest BCUT2D eigenvalue weighted by molar-refractivity contribution is 0.178. The van der Waals surface area contributed by atoms with E-state index in [9.17, 15) is 8.42 Å². The van der Waals surface area contributed by atoms with Crippen LogP contribution in [-0.2, 0) is 16.6 Å². The number of nitrogens with zero attached hydrogens (tertiary/aromatic N) is 2. The van der Waals surface area contributed by atoms with Crippen LogP contribution in [0.1, 0.15) is 18.4 Å². The van der Waals surface area contributed by atoms with Crippen molar-refractivity contribution in [2.75, 3.05) is 19.6 Å². The number of pyridine rings is 1. The fraction of sp³-hybridized carbons (Fsp3) is 0.389. The number of sulfonamides is 1. The average Bonchev–Trinajstić information content (AvgIpc) is 2.62. The highest BCUT2D eigenvalue weighted by molar-refractivity contribution is 7.89. The molecular formula is C18H22ClN3O2S. The number of nitrogens with one attached hydrogen (secondary N) is 1. The van der Waals surface area contributed by atoms with E-state index in [0.29, 0.717) is 17.5 Å². The Balaban J connectivity index is 1.47. The summed E-state index contributed by atoms with van der Waals surface area (Å²) in [6.45, 7) is 3.33. The van der Waals surface area contributed by atoms with E-state index < -0.39 is 10.0 Å². The first-order valence-electron chi connectivity index (χ1n) is 8.39. The van der Waals surface area contributed by atoms with Gasteiger partial charge >= 0.3 is 0 Å². The summed E-state index contributed by atoms with van der Waals surface area (Å²) in [5.74, 6) is 0.368. The van der Waals surface area contributed by atoms with Gasteiger partial charge in [-0.3, -0.25) is 9.88 Å². The van der Waals surface area contributed by atoms with Crippen LogP contribution in [0, 0.1) is 5.92 Å². The maximum atomic E-state index is 12.3. The minimum absolute atomic E-state index is 0.255. The second-order valence-corrected chi connectivity index (χ2v) is 8.59. The molecule has 0 atom stereocenters. The van der Waals surface area contributed by atoms with E-state index in [1.165, 1.54) is 17.7 Å². The smallest absolute Gasteiger partial charge is 0.240 e. The van der Waals surface area contributed by atoms with Gasteiger partial charge in [0.25, 0.3) is 0 Å². The van der Waals surface area contributed by atoms with E-state index in [4.69, 9.17) is 11.6 Å². The van der Waals surface area contributed by atoms with Gasteiger partial charge in [0.2, 0.25) is 10.0 Å². The Kier molecular flexibility index (Phi) is 6.06. The van der Waals surface area contributed by atoms with E-state index in [2.05, 4.69) is 20.7 Å². The third kappa shape index (κ3) is 5.25. The summed E-state index contributed by atoms with van der Waals surface area (Å²) in [5, 5.41) is 0.528. The van der Waals surface area contributed by atoms with Crippen molar-refractivity contribution in [1.82, 2.24) is 14.6 Å². The van der Waals surface area contributed by atoms with Crippen molar-refractivity contribution in [3.05, 3.63) is 59.4 Å². The van der Waals surface area contributed by atoms with Crippen LogP contribution in [-0.4, -0.2) is 37.9 Å². The van der Waals surface area contributed by atoms with Crippen LogP contribution in [0.15, 0.2) is 53.7 Å². The topological polar surface area (TPSA) is 62.3 Å². The van der Waals surface area contributed by atoms with Crippen molar-refractivity contribution >= 4 is 21.6 Å². The fourth-order valence-corrected chi connectivity index (χ4v) is 4.27. The Morgan fingerprint density at radius 3 is 2.52 bits per heavy atom. The Hall–Kier alpha value is -1.47. The third-order valence-corrected chi connectivity index (χ3v) is 6.21. The first-order valence-corrected chi connectivity index (χ1v) is 10.3. The Morgan fingerprint density at radius 1 is 1.16 bits per heavy atom. The molecule has 0 bridgehead atoms. The number of hydrogen-bond acceptors (Lipinski definition) is 4. The number of rotatable bonds is 6. The molecule has 5 nitrogen and oxygen atoms in total. The van der Waals surface area contributed by atoms with Gasteiger partial charge in [0.05, 0.1) is 4.90 Å². The van der Waals surface area contributed by atoms with Gasteiger partial charge in [-0.05, 0) is 67.7 Å². The quantitative estimate of drug-likeness (QED) is 0.838. The predicted molar refractivity (Wildman–Crippen MR) is 98.9 cm³/mol. The van der Waals surface area contributed by atoms with Crippen LogP contribution < -0.4 is 4.72 Å². The van der Waals surface area contributed by atoms with Crippen LogP contribution in [0.4, 0.5) is 0 Å². The zero-order chi connectivity index (χ0) is 17.7. The molecule has 2 heterocycles. The number of hydrogen-bond donors (Lipinski definition) is 1. The monoisotopic (exact) mass is 379 g/mol. The third-order valence-electron chi connectivity index (χ3n) is 4.52. The van der Waals surface area contributed by atoms with Crippen molar-refractivity contribution in [3.63, 3.8) is 0 Å². The summed E-state index contributed by atoms with van der Waals surface area (Å²) in [4.78, 5) is 6.79. The van der Waals surface area contributed by atoms with Gasteiger partial charge in [0.15, 0.2) is 0 Å². The first-order chi connectivity index (χ1) is 12.0. The summed E-state index contributed by atoms with van der Waals surface area (Å²) in [7, 11) is -3.47. The largest absolute Gasteiger partial charge is 0.299 e. The summed E-state index contributed by atoms with van der Waals surface area (Å²) in [6.07, 6.45) is 5.65. The molecule has 1 fully saturated rings. The van der Waals surface area contributed by atoms with E-state index in [0.717, 1.165) is 32.5 Å². The molecule has 0 spiro atoms. The molecule has 0 unspecified atom stereocenters. The molecule has 1 aromatic heterocycles. The fourth-order valence-electron chi connectivity index (χ4n) is 3.02. The normalized spacial score (nSPS) is 16.8. The maximum absolute atomic E-state index is 12.3. The second-order valence-electron chi connectivity index (χ2n) is 6.39. The van der Waals surface area contributed by atoms with Gasteiger partial charge in [0.1, 0.15) is 0 Å². The molecule has 1 aromatic carbocycles. The molecule has 0 amide bonds. The van der Waals surface area contributed by atoms with Gasteiger partial charge in [-0.25, -0.2) is 13.1 Å². The van der Waals surface area contributed by atoms with Crippen LogP contribution in [0.2, 0.25) is 5.02 Å². The van der Waals surface area contributed by atoms with Crippen molar-refractivity contribution < 1.29 is 8.42 Å². The molecule has 2 aromatic rings. The van der Waals surface area contributed by atoms with Crippen LogP contribution in [0.5, 0.6) is 0 Å². The van der Waals surface area contributed by atoms with E-state index in [-0.39, 0.29) is 4.90 Å². The standard InChI is InChI=1S/C18H22ClN3O2S/c19-17-3-5-18(6-4-17)25(23,24)21-13-15-7-10-22(11-8-15)14-16-2-1-9-20-12-16/h1-6,9,12,15,21H,7-8,10-11,13-14H2. The second kappa shape index (κ2) is 8.27. The number of halogens is 1.